The number of nitrogens with one attached hydrogen (secondary N) is 1. The van der Waals surface area contributed by atoms with Gasteiger partial charge in [-0.1, -0.05) is 66.7 Å². The molecule has 1 fully saturated rings. The van der Waals surface area contributed by atoms with Crippen molar-refractivity contribution in [3.05, 3.63) is 107 Å². The molecule has 3 aromatic carbocycles. The fraction of sp³-hybridized carbons (Fsp3) is 0.207. The van der Waals surface area contributed by atoms with Crippen molar-refractivity contribution < 1.29 is 19.5 Å². The Hall–Kier alpha value is -4.19. The third-order valence-corrected chi connectivity index (χ3v) is 8.17. The van der Waals surface area contributed by atoms with Gasteiger partial charge in [0.2, 0.25) is 11.8 Å². The third-order valence-electron chi connectivity index (χ3n) is 8.17. The number of carbonyl (C=O) groups is 3. The minimum Gasteiger partial charge on any atom is -0.480 e. The molecule has 2 bridgehead atoms. The molecule has 172 valence electrons. The van der Waals surface area contributed by atoms with E-state index >= 15 is 0 Å². The third kappa shape index (κ3) is 2.62. The summed E-state index contributed by atoms with van der Waals surface area (Å²) in [5.41, 5.74) is 5.96. The summed E-state index contributed by atoms with van der Waals surface area (Å²) >= 11 is 0. The number of aromatic amines is 1. The van der Waals surface area contributed by atoms with Crippen LogP contribution < -0.4 is 0 Å². The first-order valence-electron chi connectivity index (χ1n) is 11.9. The average Bonchev–Trinajstić information content (AvgIpc) is 3.41. The second kappa shape index (κ2) is 7.15. The maximum Gasteiger partial charge on any atom is 0.327 e. The monoisotopic (exact) mass is 462 g/mol. The normalized spacial score (nSPS) is 24.9. The summed E-state index contributed by atoms with van der Waals surface area (Å²) < 4.78 is 0. The minimum absolute atomic E-state index is 0.0610. The molecule has 0 saturated carbocycles. The number of likely N-dealkylation sites (tertiary alicyclic amines) is 1. The number of nitrogens with zero attached hydrogens (tertiary/aromatic N) is 1. The predicted octanol–water partition coefficient (Wildman–Crippen LogP) is 4.06. The fourth-order valence-corrected chi connectivity index (χ4v) is 6.81. The molecule has 3 aliphatic carbocycles. The van der Waals surface area contributed by atoms with Crippen LogP contribution in [0.2, 0.25) is 0 Å². The van der Waals surface area contributed by atoms with E-state index in [0.717, 1.165) is 43.6 Å². The van der Waals surface area contributed by atoms with E-state index in [0.29, 0.717) is 0 Å². The molecular weight excluding hydrogens is 440 g/mol. The van der Waals surface area contributed by atoms with Crippen LogP contribution in [-0.2, 0) is 20.8 Å². The topological polar surface area (TPSA) is 90.5 Å². The number of hydrogen-bond acceptors (Lipinski definition) is 3. The van der Waals surface area contributed by atoms with Gasteiger partial charge in [-0.15, -0.1) is 0 Å². The molecule has 3 atom stereocenters. The minimum atomic E-state index is -1.26. The summed E-state index contributed by atoms with van der Waals surface area (Å²) in [7, 11) is 0. The van der Waals surface area contributed by atoms with E-state index in [1.54, 1.807) is 6.20 Å². The molecule has 4 aromatic rings. The predicted molar refractivity (Wildman–Crippen MR) is 129 cm³/mol. The van der Waals surface area contributed by atoms with Crippen molar-refractivity contribution in [1.82, 2.24) is 9.88 Å². The number of hydrogen-bond donors (Lipinski definition) is 2. The molecule has 1 aliphatic heterocycles. The van der Waals surface area contributed by atoms with Gasteiger partial charge in [-0.2, -0.15) is 0 Å². The average molecular weight is 463 g/mol. The molecule has 2 heterocycles. The Morgan fingerprint density at radius 3 is 1.80 bits per heavy atom. The number of amides is 2. The fourth-order valence-electron chi connectivity index (χ4n) is 6.81. The van der Waals surface area contributed by atoms with Crippen molar-refractivity contribution in [3.63, 3.8) is 0 Å². The molecule has 1 saturated heterocycles. The Morgan fingerprint density at radius 1 is 0.800 bits per heavy atom. The van der Waals surface area contributed by atoms with E-state index in [4.69, 9.17) is 0 Å². The zero-order valence-electron chi connectivity index (χ0n) is 18.7. The van der Waals surface area contributed by atoms with Gasteiger partial charge in [0.15, 0.2) is 0 Å². The first-order valence-corrected chi connectivity index (χ1v) is 11.9. The van der Waals surface area contributed by atoms with E-state index < -0.39 is 23.8 Å². The Labute approximate surface area is 201 Å². The first kappa shape index (κ1) is 20.2. The van der Waals surface area contributed by atoms with Crippen LogP contribution in [0.15, 0.2) is 79.0 Å². The van der Waals surface area contributed by atoms with Gasteiger partial charge in [0.1, 0.15) is 6.04 Å². The SMILES string of the molecule is O=C(O)[C@H](Cc1c[nH]c2ccccc12)N1C(=O)[C@H]2C3c4ccccc4C(c4ccccc43)[C@@H]2C1=O. The highest BCUT2D eigenvalue weighted by Crippen LogP contribution is 2.61. The van der Waals surface area contributed by atoms with E-state index in [1.807, 2.05) is 72.8 Å². The summed E-state index contributed by atoms with van der Waals surface area (Å²) in [4.78, 5) is 44.6. The van der Waals surface area contributed by atoms with Crippen LogP contribution in [0.25, 0.3) is 10.9 Å². The molecule has 8 rings (SSSR count). The van der Waals surface area contributed by atoms with Crippen LogP contribution in [-0.4, -0.2) is 38.8 Å². The van der Waals surface area contributed by atoms with Crippen molar-refractivity contribution in [2.45, 2.75) is 24.3 Å². The lowest BCUT2D eigenvalue weighted by molar-refractivity contribution is -0.155. The molecule has 0 unspecified atom stereocenters. The molecule has 2 N–H and O–H groups in total. The highest BCUT2D eigenvalue weighted by Gasteiger charge is 2.63. The van der Waals surface area contributed by atoms with Crippen molar-refractivity contribution in [2.75, 3.05) is 0 Å². The zero-order valence-corrected chi connectivity index (χ0v) is 18.7. The van der Waals surface area contributed by atoms with Crippen molar-refractivity contribution in [1.29, 1.82) is 0 Å². The number of imide groups is 1. The lowest BCUT2D eigenvalue weighted by Crippen LogP contribution is -2.47. The molecule has 0 radical (unpaired) electrons. The smallest absolute Gasteiger partial charge is 0.327 e. The number of H-pyrrole nitrogens is 1. The molecule has 6 nitrogen and oxygen atoms in total. The summed E-state index contributed by atoms with van der Waals surface area (Å²) in [6.45, 7) is 0. The first-order chi connectivity index (χ1) is 17.1. The molecular formula is C29H22N2O4. The summed E-state index contributed by atoms with van der Waals surface area (Å²) in [5, 5.41) is 11.1. The molecule has 6 heteroatoms. The number of aliphatic carboxylic acids is 1. The molecule has 1 aromatic heterocycles. The van der Waals surface area contributed by atoms with Crippen molar-refractivity contribution in [2.24, 2.45) is 11.8 Å². The summed E-state index contributed by atoms with van der Waals surface area (Å²) in [6.07, 6.45) is 1.83. The number of para-hydroxylation sites is 1. The summed E-state index contributed by atoms with van der Waals surface area (Å²) in [6, 6.07) is 22.4. The van der Waals surface area contributed by atoms with Gasteiger partial charge in [-0.25, -0.2) is 4.79 Å². The Kier molecular flexibility index (Phi) is 4.13. The van der Waals surface area contributed by atoms with Crippen LogP contribution in [0.1, 0.15) is 39.7 Å². The number of carboxylic acid groups (broad SMARTS) is 1. The Balaban J connectivity index is 1.34. The Bertz CT molecular complexity index is 1440. The zero-order chi connectivity index (χ0) is 23.8. The lowest BCUT2D eigenvalue weighted by Gasteiger charge is -2.45. The van der Waals surface area contributed by atoms with Gasteiger partial charge < -0.3 is 10.1 Å². The van der Waals surface area contributed by atoms with Gasteiger partial charge in [0.05, 0.1) is 11.8 Å². The van der Waals surface area contributed by atoms with Gasteiger partial charge in [0, 0.05) is 35.4 Å². The number of benzene rings is 3. The molecule has 2 amide bonds. The van der Waals surface area contributed by atoms with E-state index in [-0.39, 0.29) is 30.1 Å². The van der Waals surface area contributed by atoms with Crippen LogP contribution in [0.5, 0.6) is 0 Å². The summed E-state index contributed by atoms with van der Waals surface area (Å²) in [5.74, 6) is -3.57. The van der Waals surface area contributed by atoms with Gasteiger partial charge >= 0.3 is 5.97 Å². The van der Waals surface area contributed by atoms with E-state index in [9.17, 15) is 19.5 Å². The van der Waals surface area contributed by atoms with Crippen LogP contribution in [0, 0.1) is 11.8 Å². The van der Waals surface area contributed by atoms with Crippen LogP contribution in [0.4, 0.5) is 0 Å². The number of carboxylic acids is 1. The van der Waals surface area contributed by atoms with E-state index in [1.165, 1.54) is 0 Å². The number of carbonyl (C=O) groups excluding carboxylic acids is 2. The molecule has 35 heavy (non-hydrogen) atoms. The number of rotatable bonds is 4. The van der Waals surface area contributed by atoms with E-state index in [2.05, 4.69) is 4.98 Å². The standard InChI is InChI=1S/C29H22N2O4/c32-27-25-23-17-8-1-2-9-18(17)24(20-11-4-3-10-19(20)23)26(25)28(33)31(27)22(29(34)35)13-15-14-30-21-12-6-5-7-16(15)21/h1-12,14,22-26,30H,13H2,(H,34,35)/t22-,23?,24?,25-,26-/m0/s1. The largest absolute Gasteiger partial charge is 0.480 e. The van der Waals surface area contributed by atoms with Crippen LogP contribution >= 0.6 is 0 Å². The molecule has 0 spiro atoms. The maximum atomic E-state index is 13.9. The lowest BCUT2D eigenvalue weighted by atomic mass is 9.55. The molecule has 4 aliphatic rings. The number of fused-ring (bicyclic) bond motifs is 1. The van der Waals surface area contributed by atoms with Crippen LogP contribution in [0.3, 0.4) is 0 Å². The highest BCUT2D eigenvalue weighted by molar-refractivity contribution is 6.10. The van der Waals surface area contributed by atoms with Gasteiger partial charge in [-0.3, -0.25) is 14.5 Å². The maximum absolute atomic E-state index is 13.9. The quantitative estimate of drug-likeness (QED) is 0.448. The second-order valence-electron chi connectivity index (χ2n) is 9.73. The van der Waals surface area contributed by atoms with Gasteiger partial charge in [0.25, 0.3) is 0 Å². The Morgan fingerprint density at radius 2 is 1.29 bits per heavy atom. The van der Waals surface area contributed by atoms with Crippen molar-refractivity contribution >= 4 is 28.7 Å². The highest BCUT2D eigenvalue weighted by atomic mass is 16.4. The second-order valence-corrected chi connectivity index (χ2v) is 9.73. The number of aromatic nitrogens is 1. The van der Waals surface area contributed by atoms with Crippen molar-refractivity contribution in [3.8, 4) is 0 Å². The van der Waals surface area contributed by atoms with Gasteiger partial charge in [-0.05, 0) is 33.9 Å².